The summed E-state index contributed by atoms with van der Waals surface area (Å²) in [6.07, 6.45) is 0.672. The molecule has 3 N–H and O–H groups in total. The molecule has 0 amide bonds. The standard InChI is InChI=1S/C11H12FN3O2/c1-2-8(13)11-14-10(15-17-11)6-3-4-9(16)7(12)5-6/h3-5,8,16H,2,13H2,1H3/t8-/m0/s1. The van der Waals surface area contributed by atoms with Crippen LogP contribution in [0.1, 0.15) is 25.3 Å². The van der Waals surface area contributed by atoms with Gasteiger partial charge in [-0.3, -0.25) is 0 Å². The minimum absolute atomic E-state index is 0.253. The van der Waals surface area contributed by atoms with Crippen LogP contribution < -0.4 is 5.73 Å². The first-order valence-corrected chi connectivity index (χ1v) is 5.20. The van der Waals surface area contributed by atoms with Crippen molar-refractivity contribution in [2.45, 2.75) is 19.4 Å². The molecule has 90 valence electrons. The van der Waals surface area contributed by atoms with Crippen molar-refractivity contribution in [3.63, 3.8) is 0 Å². The molecule has 5 nitrogen and oxygen atoms in total. The number of phenolic OH excluding ortho intramolecular Hbond substituents is 1. The van der Waals surface area contributed by atoms with E-state index < -0.39 is 11.6 Å². The number of aromatic nitrogens is 2. The number of nitrogens with zero attached hydrogens (tertiary/aromatic N) is 2. The monoisotopic (exact) mass is 237 g/mol. The van der Waals surface area contributed by atoms with Gasteiger partial charge in [-0.15, -0.1) is 0 Å². The Bertz CT molecular complexity index is 527. The van der Waals surface area contributed by atoms with Crippen LogP contribution in [0.4, 0.5) is 4.39 Å². The number of nitrogens with two attached hydrogens (primary N) is 1. The van der Waals surface area contributed by atoms with Gasteiger partial charge in [0.05, 0.1) is 6.04 Å². The van der Waals surface area contributed by atoms with Crippen molar-refractivity contribution in [3.8, 4) is 17.1 Å². The van der Waals surface area contributed by atoms with E-state index in [0.717, 1.165) is 6.07 Å². The van der Waals surface area contributed by atoms with Crippen LogP contribution in [0.5, 0.6) is 5.75 Å². The summed E-state index contributed by atoms with van der Waals surface area (Å²) in [6, 6.07) is 3.56. The molecule has 2 rings (SSSR count). The van der Waals surface area contributed by atoms with Crippen LogP contribution in [0, 0.1) is 5.82 Å². The summed E-state index contributed by atoms with van der Waals surface area (Å²) in [7, 11) is 0. The van der Waals surface area contributed by atoms with Crippen LogP contribution in [0.25, 0.3) is 11.4 Å². The lowest BCUT2D eigenvalue weighted by Crippen LogP contribution is -2.08. The van der Waals surface area contributed by atoms with Gasteiger partial charge in [0.1, 0.15) is 0 Å². The molecule has 0 bridgehead atoms. The van der Waals surface area contributed by atoms with Crippen molar-refractivity contribution >= 4 is 0 Å². The Morgan fingerprint density at radius 3 is 2.94 bits per heavy atom. The molecular weight excluding hydrogens is 225 g/mol. The molecule has 0 fully saturated rings. The van der Waals surface area contributed by atoms with Gasteiger partial charge in [-0.25, -0.2) is 4.39 Å². The smallest absolute Gasteiger partial charge is 0.243 e. The normalized spacial score (nSPS) is 12.6. The van der Waals surface area contributed by atoms with E-state index >= 15 is 0 Å². The second kappa shape index (κ2) is 4.50. The van der Waals surface area contributed by atoms with Crippen LogP contribution in [0.2, 0.25) is 0 Å². The maximum absolute atomic E-state index is 13.1. The molecule has 6 heteroatoms. The summed E-state index contributed by atoms with van der Waals surface area (Å²) in [5.74, 6) is -0.574. The first-order valence-electron chi connectivity index (χ1n) is 5.20. The summed E-state index contributed by atoms with van der Waals surface area (Å²) < 4.78 is 18.1. The summed E-state index contributed by atoms with van der Waals surface area (Å²) in [5.41, 5.74) is 6.16. The lowest BCUT2D eigenvalue weighted by molar-refractivity contribution is 0.352. The molecule has 0 aliphatic rings. The Morgan fingerprint density at radius 1 is 1.53 bits per heavy atom. The minimum atomic E-state index is -0.728. The zero-order chi connectivity index (χ0) is 12.4. The van der Waals surface area contributed by atoms with E-state index in [1.54, 1.807) is 0 Å². The highest BCUT2D eigenvalue weighted by atomic mass is 19.1. The maximum Gasteiger partial charge on any atom is 0.243 e. The number of hydrogen-bond acceptors (Lipinski definition) is 5. The Morgan fingerprint density at radius 2 is 2.29 bits per heavy atom. The third-order valence-electron chi connectivity index (χ3n) is 2.40. The SMILES string of the molecule is CC[C@H](N)c1nc(-c2ccc(O)c(F)c2)no1. The van der Waals surface area contributed by atoms with E-state index in [1.807, 2.05) is 6.92 Å². The van der Waals surface area contributed by atoms with Crippen LogP contribution in [-0.4, -0.2) is 15.2 Å². The molecule has 1 heterocycles. The molecule has 1 atom stereocenters. The van der Waals surface area contributed by atoms with Crippen LogP contribution in [0.15, 0.2) is 22.7 Å². The van der Waals surface area contributed by atoms with E-state index in [1.165, 1.54) is 12.1 Å². The van der Waals surface area contributed by atoms with Crippen molar-refractivity contribution in [2.75, 3.05) is 0 Å². The minimum Gasteiger partial charge on any atom is -0.505 e. The third-order valence-corrected chi connectivity index (χ3v) is 2.40. The van der Waals surface area contributed by atoms with Gasteiger partial charge in [-0.05, 0) is 24.6 Å². The van der Waals surface area contributed by atoms with Crippen LogP contribution >= 0.6 is 0 Å². The van der Waals surface area contributed by atoms with Gasteiger partial charge in [0.2, 0.25) is 11.7 Å². The van der Waals surface area contributed by atoms with Gasteiger partial charge in [0.15, 0.2) is 11.6 Å². The summed E-state index contributed by atoms with van der Waals surface area (Å²) >= 11 is 0. The Balaban J connectivity index is 2.33. The predicted molar refractivity (Wildman–Crippen MR) is 58.6 cm³/mol. The van der Waals surface area contributed by atoms with Crippen molar-refractivity contribution in [3.05, 3.63) is 29.9 Å². The Hall–Kier alpha value is -1.95. The first kappa shape index (κ1) is 11.5. The summed E-state index contributed by atoms with van der Waals surface area (Å²) in [5, 5.41) is 12.8. The average molecular weight is 237 g/mol. The van der Waals surface area contributed by atoms with E-state index in [0.29, 0.717) is 17.9 Å². The molecular formula is C11H12FN3O2. The van der Waals surface area contributed by atoms with Crippen LogP contribution in [0.3, 0.4) is 0 Å². The van der Waals surface area contributed by atoms with Crippen molar-refractivity contribution < 1.29 is 14.0 Å². The molecule has 0 unspecified atom stereocenters. The Kier molecular flexibility index (Phi) is 3.06. The highest BCUT2D eigenvalue weighted by molar-refractivity contribution is 5.55. The number of phenols is 1. The number of hydrogen-bond donors (Lipinski definition) is 2. The number of aromatic hydroxyl groups is 1. The summed E-state index contributed by atoms with van der Waals surface area (Å²) in [6.45, 7) is 1.90. The van der Waals surface area contributed by atoms with E-state index in [2.05, 4.69) is 10.1 Å². The average Bonchev–Trinajstić information content (AvgIpc) is 2.81. The fraction of sp³-hybridized carbons (Fsp3) is 0.273. The Labute approximate surface area is 97.1 Å². The highest BCUT2D eigenvalue weighted by Crippen LogP contribution is 2.23. The molecule has 0 spiro atoms. The van der Waals surface area contributed by atoms with Gasteiger partial charge in [-0.1, -0.05) is 12.1 Å². The maximum atomic E-state index is 13.1. The van der Waals surface area contributed by atoms with E-state index in [9.17, 15) is 4.39 Å². The molecule has 2 aromatic rings. The number of rotatable bonds is 3. The number of benzene rings is 1. The van der Waals surface area contributed by atoms with Gasteiger partial charge >= 0.3 is 0 Å². The van der Waals surface area contributed by atoms with Crippen molar-refractivity contribution in [1.82, 2.24) is 10.1 Å². The highest BCUT2D eigenvalue weighted by Gasteiger charge is 2.14. The second-order valence-electron chi connectivity index (χ2n) is 3.64. The number of halogens is 1. The first-order chi connectivity index (χ1) is 8.11. The zero-order valence-corrected chi connectivity index (χ0v) is 9.22. The fourth-order valence-corrected chi connectivity index (χ4v) is 1.32. The quantitative estimate of drug-likeness (QED) is 0.852. The van der Waals surface area contributed by atoms with Gasteiger partial charge in [0.25, 0.3) is 0 Å². The van der Waals surface area contributed by atoms with E-state index in [4.69, 9.17) is 15.4 Å². The zero-order valence-electron chi connectivity index (χ0n) is 9.22. The van der Waals surface area contributed by atoms with Crippen molar-refractivity contribution in [1.29, 1.82) is 0 Å². The third kappa shape index (κ3) is 2.26. The van der Waals surface area contributed by atoms with Crippen molar-refractivity contribution in [2.24, 2.45) is 5.73 Å². The fourth-order valence-electron chi connectivity index (χ4n) is 1.32. The molecule has 0 aliphatic heterocycles. The lowest BCUT2D eigenvalue weighted by Gasteiger charge is -1.99. The van der Waals surface area contributed by atoms with Gasteiger partial charge < -0.3 is 15.4 Å². The lowest BCUT2D eigenvalue weighted by atomic mass is 10.2. The topological polar surface area (TPSA) is 85.2 Å². The second-order valence-corrected chi connectivity index (χ2v) is 3.64. The molecule has 0 radical (unpaired) electrons. The van der Waals surface area contributed by atoms with Gasteiger partial charge in [0, 0.05) is 5.56 Å². The molecule has 1 aromatic carbocycles. The summed E-state index contributed by atoms with van der Waals surface area (Å²) in [4.78, 5) is 4.07. The molecule has 17 heavy (non-hydrogen) atoms. The molecule has 0 saturated carbocycles. The van der Waals surface area contributed by atoms with Crippen LogP contribution in [-0.2, 0) is 0 Å². The largest absolute Gasteiger partial charge is 0.505 e. The van der Waals surface area contributed by atoms with Gasteiger partial charge in [-0.2, -0.15) is 4.98 Å². The molecule has 0 aliphatic carbocycles. The van der Waals surface area contributed by atoms with E-state index in [-0.39, 0.29) is 11.9 Å². The molecule has 1 aromatic heterocycles. The predicted octanol–water partition coefficient (Wildman–Crippen LogP) is 1.99. The molecule has 0 saturated heterocycles.